The summed E-state index contributed by atoms with van der Waals surface area (Å²) in [5.74, 6) is 0. The molecule has 0 N–H and O–H groups in total. The fraction of sp³-hybridized carbons (Fsp3) is 0.400. The molecule has 0 aromatic heterocycles. The molecular weight excluding hydrogens is 268 g/mol. The third kappa shape index (κ3) is 2.02. The van der Waals surface area contributed by atoms with Crippen LogP contribution in [-0.4, -0.2) is 8.07 Å². The first-order chi connectivity index (χ1) is 10.2. The van der Waals surface area contributed by atoms with Gasteiger partial charge in [-0.25, -0.2) is 0 Å². The van der Waals surface area contributed by atoms with Crippen LogP contribution in [0.2, 0.25) is 18.6 Å². The summed E-state index contributed by atoms with van der Waals surface area (Å²) >= 11 is 0. The number of hydrogen-bond donors (Lipinski definition) is 0. The number of allylic oxidation sites excluding steroid dienone is 6. The third-order valence-electron chi connectivity index (χ3n) is 5.92. The van der Waals surface area contributed by atoms with E-state index < -0.39 is 8.07 Å². The highest BCUT2D eigenvalue weighted by Gasteiger charge is 2.41. The van der Waals surface area contributed by atoms with Gasteiger partial charge in [0, 0.05) is 0 Å². The van der Waals surface area contributed by atoms with E-state index in [2.05, 4.69) is 55.6 Å². The van der Waals surface area contributed by atoms with Crippen molar-refractivity contribution in [1.82, 2.24) is 0 Å². The minimum Gasteiger partial charge on any atom is -0.0809 e. The Balaban J connectivity index is 1.74. The maximum absolute atomic E-state index is 2.61. The average Bonchev–Trinajstić information content (AvgIpc) is 3.14. The van der Waals surface area contributed by atoms with Crippen LogP contribution in [0.4, 0.5) is 0 Å². The van der Waals surface area contributed by atoms with Crippen molar-refractivity contribution >= 4 is 13.6 Å². The van der Waals surface area contributed by atoms with Gasteiger partial charge in [-0.15, -0.1) is 0 Å². The molecule has 1 aromatic rings. The van der Waals surface area contributed by atoms with Crippen molar-refractivity contribution in [2.75, 3.05) is 0 Å². The fourth-order valence-electron chi connectivity index (χ4n) is 4.68. The van der Waals surface area contributed by atoms with Crippen LogP contribution in [0.25, 0.3) is 5.57 Å². The lowest BCUT2D eigenvalue weighted by Gasteiger charge is -2.38. The van der Waals surface area contributed by atoms with Gasteiger partial charge >= 0.3 is 0 Å². The second kappa shape index (κ2) is 4.84. The van der Waals surface area contributed by atoms with Crippen LogP contribution in [0.15, 0.2) is 53.3 Å². The lowest BCUT2D eigenvalue weighted by atomic mass is 9.91. The molecule has 0 spiro atoms. The summed E-state index contributed by atoms with van der Waals surface area (Å²) in [5.41, 5.74) is 7.54. The molecule has 3 aliphatic rings. The van der Waals surface area contributed by atoms with E-state index in [1.54, 1.807) is 21.9 Å². The monoisotopic (exact) mass is 292 g/mol. The Bertz CT molecular complexity index is 673. The Kier molecular flexibility index (Phi) is 3.07. The Morgan fingerprint density at radius 2 is 2.00 bits per heavy atom. The van der Waals surface area contributed by atoms with Gasteiger partial charge in [0.15, 0.2) is 0 Å². The van der Waals surface area contributed by atoms with Crippen molar-refractivity contribution in [3.05, 3.63) is 64.4 Å². The molecule has 0 radical (unpaired) electrons. The van der Waals surface area contributed by atoms with Crippen LogP contribution in [0.3, 0.4) is 0 Å². The van der Waals surface area contributed by atoms with Crippen molar-refractivity contribution in [3.8, 4) is 0 Å². The van der Waals surface area contributed by atoms with Gasteiger partial charge in [0.1, 0.15) is 0 Å². The Hall–Kier alpha value is -1.34. The zero-order chi connectivity index (χ0) is 14.4. The van der Waals surface area contributed by atoms with E-state index in [-0.39, 0.29) is 0 Å². The lowest BCUT2D eigenvalue weighted by Crippen LogP contribution is -2.37. The summed E-state index contributed by atoms with van der Waals surface area (Å²) in [6, 6.07) is 9.11. The molecule has 0 heterocycles. The molecule has 108 valence electrons. The van der Waals surface area contributed by atoms with Crippen LogP contribution in [0, 0.1) is 0 Å². The summed E-state index contributed by atoms with van der Waals surface area (Å²) in [5, 5.41) is 1.76. The van der Waals surface area contributed by atoms with Gasteiger partial charge in [0.2, 0.25) is 0 Å². The Morgan fingerprint density at radius 3 is 2.81 bits per heavy atom. The molecule has 1 atom stereocenters. The molecule has 1 heteroatoms. The van der Waals surface area contributed by atoms with Gasteiger partial charge in [-0.05, 0) is 54.3 Å². The zero-order valence-corrected chi connectivity index (χ0v) is 14.2. The topological polar surface area (TPSA) is 0 Å². The van der Waals surface area contributed by atoms with Gasteiger partial charge in [-0.1, -0.05) is 66.4 Å². The predicted molar refractivity (Wildman–Crippen MR) is 94.0 cm³/mol. The quantitative estimate of drug-likeness (QED) is 0.615. The SMILES string of the molecule is C[Si](C)(C1=CC=CC1)C1CCCC2=C1Cc1ccccc12. The summed E-state index contributed by atoms with van der Waals surface area (Å²) < 4.78 is 0. The molecule has 0 saturated heterocycles. The maximum atomic E-state index is 2.61. The second-order valence-electron chi connectivity index (χ2n) is 7.33. The highest BCUT2D eigenvalue weighted by Crippen LogP contribution is 2.52. The minimum atomic E-state index is -1.35. The first-order valence-corrected chi connectivity index (χ1v) is 11.4. The average molecular weight is 292 g/mol. The minimum absolute atomic E-state index is 0.861. The zero-order valence-electron chi connectivity index (χ0n) is 13.2. The van der Waals surface area contributed by atoms with Crippen molar-refractivity contribution in [2.45, 2.75) is 50.7 Å². The summed E-state index contributed by atoms with van der Waals surface area (Å²) in [7, 11) is -1.35. The highest BCUT2D eigenvalue weighted by molar-refractivity contribution is 6.86. The molecular formula is C20H24Si. The molecule has 0 fully saturated rings. The Labute approximate surface area is 129 Å². The van der Waals surface area contributed by atoms with Crippen molar-refractivity contribution in [2.24, 2.45) is 0 Å². The molecule has 0 saturated carbocycles. The normalized spacial score (nSPS) is 24.1. The van der Waals surface area contributed by atoms with E-state index in [0.717, 1.165) is 5.54 Å². The smallest absolute Gasteiger partial charge is 0.0809 e. The molecule has 3 aliphatic carbocycles. The standard InChI is InChI=1S/C20H24Si/c1-21(2,16-9-4-5-10-16)20-13-7-12-18-17-11-6-3-8-15(17)14-19(18)20/h3-6,8-9,11,20H,7,10,12-14H2,1-2H3. The molecule has 1 unspecified atom stereocenters. The first kappa shape index (κ1) is 13.3. The van der Waals surface area contributed by atoms with E-state index >= 15 is 0 Å². The summed E-state index contributed by atoms with van der Waals surface area (Å²) in [6.07, 6.45) is 13.6. The third-order valence-corrected chi connectivity index (χ3v) is 10.3. The van der Waals surface area contributed by atoms with Gasteiger partial charge in [0.25, 0.3) is 0 Å². The van der Waals surface area contributed by atoms with Gasteiger partial charge in [-0.2, -0.15) is 0 Å². The van der Waals surface area contributed by atoms with Gasteiger partial charge < -0.3 is 0 Å². The second-order valence-corrected chi connectivity index (χ2v) is 12.1. The number of benzene rings is 1. The molecule has 0 nitrogen and oxygen atoms in total. The van der Waals surface area contributed by atoms with Gasteiger partial charge in [0.05, 0.1) is 8.07 Å². The van der Waals surface area contributed by atoms with Crippen molar-refractivity contribution < 1.29 is 0 Å². The highest BCUT2D eigenvalue weighted by atomic mass is 28.3. The van der Waals surface area contributed by atoms with Crippen molar-refractivity contribution in [1.29, 1.82) is 0 Å². The number of rotatable bonds is 2. The van der Waals surface area contributed by atoms with E-state index in [1.165, 1.54) is 32.1 Å². The lowest BCUT2D eigenvalue weighted by molar-refractivity contribution is 0.692. The number of hydrogen-bond acceptors (Lipinski definition) is 0. The molecule has 21 heavy (non-hydrogen) atoms. The van der Waals surface area contributed by atoms with Crippen molar-refractivity contribution in [3.63, 3.8) is 0 Å². The van der Waals surface area contributed by atoms with Crippen LogP contribution < -0.4 is 0 Å². The van der Waals surface area contributed by atoms with Crippen LogP contribution in [-0.2, 0) is 6.42 Å². The van der Waals surface area contributed by atoms with Gasteiger partial charge in [-0.3, -0.25) is 0 Å². The van der Waals surface area contributed by atoms with E-state index in [1.807, 2.05) is 5.57 Å². The molecule has 4 rings (SSSR count). The van der Waals surface area contributed by atoms with E-state index in [0.29, 0.717) is 0 Å². The van der Waals surface area contributed by atoms with E-state index in [4.69, 9.17) is 0 Å². The largest absolute Gasteiger partial charge is 0.0829 e. The summed E-state index contributed by atoms with van der Waals surface area (Å²) in [6.45, 7) is 5.21. The van der Waals surface area contributed by atoms with Crippen LogP contribution >= 0.6 is 0 Å². The Morgan fingerprint density at radius 1 is 1.14 bits per heavy atom. The molecule has 0 bridgehead atoms. The van der Waals surface area contributed by atoms with Crippen LogP contribution in [0.5, 0.6) is 0 Å². The maximum Gasteiger partial charge on any atom is 0.0829 e. The summed E-state index contributed by atoms with van der Waals surface area (Å²) in [4.78, 5) is 0. The number of fused-ring (bicyclic) bond motifs is 2. The van der Waals surface area contributed by atoms with E-state index in [9.17, 15) is 0 Å². The first-order valence-electron chi connectivity index (χ1n) is 8.34. The van der Waals surface area contributed by atoms with Crippen LogP contribution in [0.1, 0.15) is 36.8 Å². The predicted octanol–water partition coefficient (Wildman–Crippen LogP) is 5.68. The molecule has 0 aliphatic heterocycles. The molecule has 1 aromatic carbocycles. The fourth-order valence-corrected chi connectivity index (χ4v) is 8.38. The molecule has 0 amide bonds.